The van der Waals surface area contributed by atoms with Gasteiger partial charge in [0.05, 0.1) is 5.69 Å². The van der Waals surface area contributed by atoms with Crippen molar-refractivity contribution in [2.45, 2.75) is 37.8 Å². The quantitative estimate of drug-likeness (QED) is 0.399. The van der Waals surface area contributed by atoms with E-state index in [0.717, 1.165) is 18.4 Å². The molecule has 11 heteroatoms. The van der Waals surface area contributed by atoms with Crippen LogP contribution in [0.5, 0.6) is 0 Å². The molecular weight excluding hydrogens is 482 g/mol. The van der Waals surface area contributed by atoms with Crippen LogP contribution < -0.4 is 16.0 Å². The van der Waals surface area contributed by atoms with Gasteiger partial charge in [-0.2, -0.15) is 4.68 Å². The first-order valence-corrected chi connectivity index (χ1v) is 12.0. The molecule has 0 saturated carbocycles. The van der Waals surface area contributed by atoms with Crippen LogP contribution in [0.25, 0.3) is 11.8 Å². The molecule has 4 rings (SSSR count). The number of nitrogens with zero attached hydrogens (tertiary/aromatic N) is 4. The highest BCUT2D eigenvalue weighted by Crippen LogP contribution is 2.20. The summed E-state index contributed by atoms with van der Waals surface area (Å²) >= 11 is 6.14. The zero-order chi connectivity index (χ0) is 25.3. The van der Waals surface area contributed by atoms with Crippen molar-refractivity contribution in [3.8, 4) is 5.69 Å². The minimum atomic E-state index is -0.876. The fourth-order valence-corrected chi connectivity index (χ4v) is 4.11. The lowest BCUT2D eigenvalue weighted by atomic mass is 10.0. The molecule has 2 heterocycles. The Morgan fingerprint density at radius 2 is 2.03 bits per heavy atom. The molecule has 0 spiro atoms. The van der Waals surface area contributed by atoms with Gasteiger partial charge in [0.1, 0.15) is 18.4 Å². The van der Waals surface area contributed by atoms with Gasteiger partial charge in [-0.1, -0.05) is 41.9 Å². The number of nitrogens with one attached hydrogen (secondary N) is 3. The fraction of sp³-hybridized carbons (Fsp3) is 0.280. The van der Waals surface area contributed by atoms with Gasteiger partial charge in [-0.05, 0) is 59.5 Å². The van der Waals surface area contributed by atoms with E-state index in [0.29, 0.717) is 29.2 Å². The summed E-state index contributed by atoms with van der Waals surface area (Å²) in [5.41, 5.74) is 2.12. The molecule has 2 aromatic carbocycles. The van der Waals surface area contributed by atoms with Gasteiger partial charge in [0.25, 0.3) is 0 Å². The number of benzene rings is 2. The van der Waals surface area contributed by atoms with Crippen LogP contribution >= 0.6 is 11.6 Å². The Morgan fingerprint density at radius 1 is 1.19 bits per heavy atom. The molecule has 36 heavy (non-hydrogen) atoms. The summed E-state index contributed by atoms with van der Waals surface area (Å²) < 4.78 is 1.46. The Bertz CT molecular complexity index is 1230. The predicted molar refractivity (Wildman–Crippen MR) is 134 cm³/mol. The fourth-order valence-electron chi connectivity index (χ4n) is 3.93. The highest BCUT2D eigenvalue weighted by Gasteiger charge is 2.27. The average Bonchev–Trinajstić information content (AvgIpc) is 3.33. The second-order valence-electron chi connectivity index (χ2n) is 8.39. The van der Waals surface area contributed by atoms with E-state index in [-0.39, 0.29) is 12.3 Å². The molecule has 1 unspecified atom stereocenters. The molecular formula is C25H26ClN7O3. The first-order valence-electron chi connectivity index (χ1n) is 11.6. The molecule has 186 valence electrons. The highest BCUT2D eigenvalue weighted by atomic mass is 35.5. The maximum Gasteiger partial charge on any atom is 0.244 e. The van der Waals surface area contributed by atoms with Crippen LogP contribution in [-0.2, 0) is 20.8 Å². The maximum absolute atomic E-state index is 13.2. The highest BCUT2D eigenvalue weighted by molar-refractivity contribution is 6.30. The van der Waals surface area contributed by atoms with Crippen molar-refractivity contribution < 1.29 is 14.4 Å². The van der Waals surface area contributed by atoms with Crippen molar-refractivity contribution in [2.75, 3.05) is 6.54 Å². The van der Waals surface area contributed by atoms with Gasteiger partial charge in [-0.25, -0.2) is 0 Å². The largest absolute Gasteiger partial charge is 0.354 e. The molecule has 1 aromatic heterocycles. The standard InChI is InChI=1S/C25H26ClN7O3/c26-19-10-11-22(33-16-28-31-32-33)18(15-19)9-12-23(34)29-21(14-17-6-2-1-3-7-17)25(36)30-20-8-4-5-13-27-24(20)35/h1-3,6-7,9-12,15-16,20-21H,4-5,8,13-14H2,(H,27,35)(H,29,34)(H,30,36)/t20?,21-/m0/s1. The molecule has 3 N–H and O–H groups in total. The normalized spacial score (nSPS) is 16.7. The van der Waals surface area contributed by atoms with Crippen LogP contribution in [0.1, 0.15) is 30.4 Å². The number of hydrogen-bond donors (Lipinski definition) is 3. The summed E-state index contributed by atoms with van der Waals surface area (Å²) in [5.74, 6) is -1.10. The van der Waals surface area contributed by atoms with Gasteiger partial charge < -0.3 is 16.0 Å². The van der Waals surface area contributed by atoms with Crippen LogP contribution in [0.2, 0.25) is 5.02 Å². The summed E-state index contributed by atoms with van der Waals surface area (Å²) in [6, 6.07) is 13.0. The van der Waals surface area contributed by atoms with Crippen LogP contribution in [0.15, 0.2) is 60.9 Å². The zero-order valence-electron chi connectivity index (χ0n) is 19.4. The zero-order valence-corrected chi connectivity index (χ0v) is 20.2. The third-order valence-corrected chi connectivity index (χ3v) is 6.00. The van der Waals surface area contributed by atoms with E-state index in [9.17, 15) is 14.4 Å². The lowest BCUT2D eigenvalue weighted by Crippen LogP contribution is -2.53. The number of tetrazole rings is 1. The number of carbonyl (C=O) groups is 3. The van der Waals surface area contributed by atoms with Crippen molar-refractivity contribution in [2.24, 2.45) is 0 Å². The van der Waals surface area contributed by atoms with Crippen LogP contribution in [0.3, 0.4) is 0 Å². The Hall–Kier alpha value is -4.05. The van der Waals surface area contributed by atoms with Gasteiger partial charge in [0, 0.05) is 29.6 Å². The van der Waals surface area contributed by atoms with Gasteiger partial charge >= 0.3 is 0 Å². The Balaban J connectivity index is 1.50. The van der Waals surface area contributed by atoms with E-state index in [4.69, 9.17) is 11.6 Å². The minimum Gasteiger partial charge on any atom is -0.354 e. The topological polar surface area (TPSA) is 131 Å². The second kappa shape index (κ2) is 12.1. The van der Waals surface area contributed by atoms with E-state index in [1.165, 1.54) is 17.1 Å². The summed E-state index contributed by atoms with van der Waals surface area (Å²) in [4.78, 5) is 38.4. The molecule has 3 amide bonds. The minimum absolute atomic E-state index is 0.207. The lowest BCUT2D eigenvalue weighted by molar-refractivity contribution is -0.131. The van der Waals surface area contributed by atoms with Gasteiger partial charge in [-0.15, -0.1) is 5.10 Å². The predicted octanol–water partition coefficient (Wildman–Crippen LogP) is 1.84. The third kappa shape index (κ3) is 6.76. The number of aromatic nitrogens is 4. The Labute approximate surface area is 213 Å². The number of carbonyl (C=O) groups excluding carboxylic acids is 3. The molecule has 2 atom stereocenters. The Kier molecular flexibility index (Phi) is 8.40. The monoisotopic (exact) mass is 507 g/mol. The SMILES string of the molecule is O=C(C=Cc1cc(Cl)ccc1-n1cnnn1)N[C@@H](Cc1ccccc1)C(=O)NC1CCCCNC1=O. The smallest absolute Gasteiger partial charge is 0.244 e. The van der Waals surface area contributed by atoms with Gasteiger partial charge in [0.2, 0.25) is 17.7 Å². The van der Waals surface area contributed by atoms with Crippen LogP contribution in [0, 0.1) is 0 Å². The van der Waals surface area contributed by atoms with E-state index in [1.807, 2.05) is 30.3 Å². The lowest BCUT2D eigenvalue weighted by Gasteiger charge is -2.21. The van der Waals surface area contributed by atoms with E-state index < -0.39 is 23.9 Å². The molecule has 3 aromatic rings. The average molecular weight is 508 g/mol. The maximum atomic E-state index is 13.2. The van der Waals surface area contributed by atoms with E-state index in [1.54, 1.807) is 24.3 Å². The van der Waals surface area contributed by atoms with Crippen LogP contribution in [-0.4, -0.2) is 56.6 Å². The number of amides is 3. The molecule has 10 nitrogen and oxygen atoms in total. The summed E-state index contributed by atoms with van der Waals surface area (Å²) in [7, 11) is 0. The second-order valence-corrected chi connectivity index (χ2v) is 8.83. The number of halogens is 1. The van der Waals surface area contributed by atoms with E-state index >= 15 is 0 Å². The molecule has 1 aliphatic heterocycles. The summed E-state index contributed by atoms with van der Waals surface area (Å²) in [6.45, 7) is 0.594. The van der Waals surface area contributed by atoms with Gasteiger partial charge in [-0.3, -0.25) is 14.4 Å². The van der Waals surface area contributed by atoms with E-state index in [2.05, 4.69) is 31.5 Å². The Morgan fingerprint density at radius 3 is 2.81 bits per heavy atom. The first-order chi connectivity index (χ1) is 17.5. The number of hydrogen-bond acceptors (Lipinski definition) is 6. The third-order valence-electron chi connectivity index (χ3n) is 5.77. The molecule has 0 bridgehead atoms. The summed E-state index contributed by atoms with van der Waals surface area (Å²) in [5, 5.41) is 20.0. The van der Waals surface area contributed by atoms with Crippen molar-refractivity contribution >= 4 is 35.4 Å². The van der Waals surface area contributed by atoms with Crippen LogP contribution in [0.4, 0.5) is 0 Å². The molecule has 0 aliphatic carbocycles. The van der Waals surface area contributed by atoms with Crippen molar-refractivity contribution in [3.05, 3.63) is 77.1 Å². The molecule has 1 aliphatic rings. The number of rotatable bonds is 8. The van der Waals surface area contributed by atoms with Crippen molar-refractivity contribution in [1.29, 1.82) is 0 Å². The van der Waals surface area contributed by atoms with Crippen molar-refractivity contribution in [1.82, 2.24) is 36.2 Å². The van der Waals surface area contributed by atoms with Crippen molar-refractivity contribution in [3.63, 3.8) is 0 Å². The first kappa shape index (κ1) is 25.1. The van der Waals surface area contributed by atoms with Gasteiger partial charge in [0.15, 0.2) is 0 Å². The molecule has 1 saturated heterocycles. The summed E-state index contributed by atoms with van der Waals surface area (Å²) in [6.07, 6.45) is 6.85. The molecule has 0 radical (unpaired) electrons. The molecule has 1 fully saturated rings.